The standard InChI is InChI=1S/2C2H2N2S3/c5-1-3-2(6)7-4-1;5-1-2(6)7-4-3-1/h(H2,3,4,5,6);4H,(H,3,5). The van der Waals surface area contributed by atoms with Crippen molar-refractivity contribution in [1.29, 1.82) is 0 Å². The van der Waals surface area contributed by atoms with Gasteiger partial charge in [-0.1, -0.05) is 24.4 Å². The molecular weight excluding hydrogens is 296 g/mol. The highest BCUT2D eigenvalue weighted by atomic mass is 32.2. The molecule has 14 heavy (non-hydrogen) atoms. The minimum absolute atomic E-state index is 0.606. The fourth-order valence-electron chi connectivity index (χ4n) is 0.452. The molecule has 0 radical (unpaired) electrons. The third kappa shape index (κ3) is 4.02. The SMILES string of the molecule is S=c1[nH][nH]sc1=S.S=c1[nH]sc(=S)[nH]1. The lowest BCUT2D eigenvalue weighted by molar-refractivity contribution is 1.14. The van der Waals surface area contributed by atoms with Gasteiger partial charge in [-0.3, -0.25) is 14.0 Å². The van der Waals surface area contributed by atoms with E-state index in [-0.39, 0.29) is 0 Å². The number of aromatic amines is 4. The lowest BCUT2D eigenvalue weighted by Crippen LogP contribution is -1.57. The first kappa shape index (κ1) is 12.1. The summed E-state index contributed by atoms with van der Waals surface area (Å²) < 4.78 is 8.12. The van der Waals surface area contributed by atoms with Crippen molar-refractivity contribution in [2.75, 3.05) is 0 Å². The molecule has 0 aliphatic carbocycles. The summed E-state index contributed by atoms with van der Waals surface area (Å²) in [7, 11) is 0. The molecule has 0 atom stereocenters. The van der Waals surface area contributed by atoms with E-state index in [1.807, 2.05) is 0 Å². The molecular formula is C4H4N4S6. The summed E-state index contributed by atoms with van der Waals surface area (Å²) in [5.41, 5.74) is 0. The molecule has 0 saturated carbocycles. The Balaban J connectivity index is 0.000000140. The third-order valence-electron chi connectivity index (χ3n) is 0.946. The van der Waals surface area contributed by atoms with E-state index in [1.165, 1.54) is 23.1 Å². The number of nitrogens with one attached hydrogen (secondary N) is 4. The minimum atomic E-state index is 0.606. The highest BCUT2D eigenvalue weighted by molar-refractivity contribution is 7.75. The van der Waals surface area contributed by atoms with Gasteiger partial charge in [0.05, 0.1) is 0 Å². The molecule has 0 fully saturated rings. The normalized spacial score (nSPS) is 9.14. The van der Waals surface area contributed by atoms with Gasteiger partial charge >= 0.3 is 0 Å². The van der Waals surface area contributed by atoms with Crippen LogP contribution in [0.3, 0.4) is 0 Å². The first-order chi connectivity index (χ1) is 6.59. The Morgan fingerprint density at radius 3 is 1.86 bits per heavy atom. The summed E-state index contributed by atoms with van der Waals surface area (Å²) in [6.07, 6.45) is 0. The van der Waals surface area contributed by atoms with Crippen LogP contribution in [0.4, 0.5) is 0 Å². The molecule has 0 spiro atoms. The van der Waals surface area contributed by atoms with Gasteiger partial charge in [-0.05, 0) is 47.5 Å². The van der Waals surface area contributed by atoms with E-state index in [1.54, 1.807) is 0 Å². The molecule has 0 aliphatic heterocycles. The van der Waals surface area contributed by atoms with Crippen LogP contribution in [0, 0.1) is 17.2 Å². The number of hydrogen-bond donors (Lipinski definition) is 4. The molecule has 2 aromatic rings. The van der Waals surface area contributed by atoms with Gasteiger partial charge in [0.1, 0.15) is 8.46 Å². The van der Waals surface area contributed by atoms with Gasteiger partial charge in [0.2, 0.25) is 0 Å². The second kappa shape index (κ2) is 5.78. The van der Waals surface area contributed by atoms with E-state index in [2.05, 4.69) is 31.2 Å². The maximum atomic E-state index is 4.74. The molecule has 0 unspecified atom stereocenters. The maximum absolute atomic E-state index is 4.74. The predicted molar refractivity (Wildman–Crippen MR) is 69.4 cm³/mol. The maximum Gasteiger partial charge on any atom is 0.185 e. The molecule has 2 rings (SSSR count). The van der Waals surface area contributed by atoms with Crippen molar-refractivity contribution < 1.29 is 0 Å². The van der Waals surface area contributed by atoms with E-state index < -0.39 is 0 Å². The predicted octanol–water partition coefficient (Wildman–Crippen LogP) is 3.73. The van der Waals surface area contributed by atoms with E-state index in [4.69, 9.17) is 36.7 Å². The van der Waals surface area contributed by atoms with Crippen molar-refractivity contribution in [3.63, 3.8) is 0 Å². The lowest BCUT2D eigenvalue weighted by Gasteiger charge is -1.56. The Hall–Kier alpha value is -0.0000000000000000833. The Bertz CT molecular complexity index is 539. The monoisotopic (exact) mass is 300 g/mol. The summed E-state index contributed by atoms with van der Waals surface area (Å²) in [6.45, 7) is 0. The quantitative estimate of drug-likeness (QED) is 0.560. The summed E-state index contributed by atoms with van der Waals surface area (Å²) in [6, 6.07) is 0. The van der Waals surface area contributed by atoms with Crippen LogP contribution in [0.5, 0.6) is 0 Å². The number of H-pyrrole nitrogens is 4. The molecule has 0 aromatic carbocycles. The second-order valence-corrected chi connectivity index (χ2v) is 5.67. The average molecular weight is 301 g/mol. The molecule has 4 nitrogen and oxygen atoms in total. The number of aromatic nitrogens is 4. The van der Waals surface area contributed by atoms with E-state index >= 15 is 0 Å². The smallest absolute Gasteiger partial charge is 0.185 e. The van der Waals surface area contributed by atoms with Crippen LogP contribution in [0.25, 0.3) is 0 Å². The van der Waals surface area contributed by atoms with Crippen molar-refractivity contribution in [3.8, 4) is 0 Å². The molecule has 2 heterocycles. The Morgan fingerprint density at radius 1 is 1.00 bits per heavy atom. The van der Waals surface area contributed by atoms with Gasteiger partial charge in [-0.2, -0.15) is 0 Å². The van der Waals surface area contributed by atoms with Crippen LogP contribution in [-0.4, -0.2) is 18.9 Å². The highest BCUT2D eigenvalue weighted by Crippen LogP contribution is 1.93. The van der Waals surface area contributed by atoms with Crippen molar-refractivity contribution in [2.24, 2.45) is 0 Å². The van der Waals surface area contributed by atoms with Crippen LogP contribution in [-0.2, 0) is 0 Å². The molecule has 0 amide bonds. The molecule has 76 valence electrons. The van der Waals surface area contributed by atoms with Gasteiger partial charge in [0, 0.05) is 0 Å². The fraction of sp³-hybridized carbons (Fsp3) is 0. The lowest BCUT2D eigenvalue weighted by atomic mass is 11.0. The Kier molecular flexibility index (Phi) is 4.98. The molecule has 2 aromatic heterocycles. The van der Waals surface area contributed by atoms with E-state index in [9.17, 15) is 0 Å². The van der Waals surface area contributed by atoms with Crippen molar-refractivity contribution in [3.05, 3.63) is 17.2 Å². The topological polar surface area (TPSA) is 63.2 Å². The molecule has 4 N–H and O–H groups in total. The minimum Gasteiger partial charge on any atom is -0.313 e. The van der Waals surface area contributed by atoms with E-state index in [0.29, 0.717) is 13.4 Å². The number of hydrogen-bond acceptors (Lipinski definition) is 6. The van der Waals surface area contributed by atoms with Crippen molar-refractivity contribution in [2.45, 2.75) is 0 Å². The zero-order chi connectivity index (χ0) is 10.6. The highest BCUT2D eigenvalue weighted by Gasteiger charge is 1.77. The second-order valence-electron chi connectivity index (χ2n) is 1.89. The Morgan fingerprint density at radius 2 is 1.71 bits per heavy atom. The van der Waals surface area contributed by atoms with Crippen LogP contribution in [0.15, 0.2) is 0 Å². The van der Waals surface area contributed by atoms with Gasteiger partial charge in [0.15, 0.2) is 8.73 Å². The van der Waals surface area contributed by atoms with Crippen molar-refractivity contribution in [1.82, 2.24) is 18.9 Å². The fourth-order valence-corrected chi connectivity index (χ4v) is 2.23. The van der Waals surface area contributed by atoms with E-state index in [0.717, 1.165) is 3.82 Å². The molecule has 0 saturated heterocycles. The summed E-state index contributed by atoms with van der Waals surface area (Å²) >= 11 is 21.5. The summed E-state index contributed by atoms with van der Waals surface area (Å²) in [5, 5.41) is 2.67. The van der Waals surface area contributed by atoms with Gasteiger partial charge < -0.3 is 4.98 Å². The Labute approximate surface area is 107 Å². The van der Waals surface area contributed by atoms with Crippen LogP contribution >= 0.6 is 71.9 Å². The number of rotatable bonds is 0. The van der Waals surface area contributed by atoms with Gasteiger partial charge in [0.25, 0.3) is 0 Å². The van der Waals surface area contributed by atoms with Crippen LogP contribution in [0.2, 0.25) is 0 Å². The van der Waals surface area contributed by atoms with Gasteiger partial charge in [-0.25, -0.2) is 0 Å². The van der Waals surface area contributed by atoms with Gasteiger partial charge in [-0.15, -0.1) is 0 Å². The van der Waals surface area contributed by atoms with Crippen molar-refractivity contribution >= 4 is 71.9 Å². The molecule has 10 heteroatoms. The summed E-state index contributed by atoms with van der Waals surface area (Å²) in [5.74, 6) is 0. The largest absolute Gasteiger partial charge is 0.313 e. The first-order valence-electron chi connectivity index (χ1n) is 3.13. The molecule has 0 bridgehead atoms. The third-order valence-corrected chi connectivity index (χ3v) is 3.84. The van der Waals surface area contributed by atoms with Crippen LogP contribution < -0.4 is 0 Å². The average Bonchev–Trinajstić information content (AvgIpc) is 2.65. The first-order valence-corrected chi connectivity index (χ1v) is 6.40. The zero-order valence-corrected chi connectivity index (χ0v) is 11.3. The molecule has 0 aliphatic rings. The summed E-state index contributed by atoms with van der Waals surface area (Å²) in [4.78, 5) is 2.73. The zero-order valence-electron chi connectivity index (χ0n) is 6.45. The van der Waals surface area contributed by atoms with Crippen LogP contribution in [0.1, 0.15) is 0 Å².